The molecule has 0 aromatic heterocycles. The van der Waals surface area contributed by atoms with E-state index in [-0.39, 0.29) is 32.6 Å². The van der Waals surface area contributed by atoms with Crippen LogP contribution in [-0.4, -0.2) is 49.3 Å². The van der Waals surface area contributed by atoms with E-state index in [1.54, 1.807) is 6.08 Å². The fourth-order valence-corrected chi connectivity index (χ4v) is 5.53. The largest absolute Gasteiger partial charge is 0.472 e. The summed E-state index contributed by atoms with van der Waals surface area (Å²) in [6.07, 6.45) is 43.9. The van der Waals surface area contributed by atoms with Gasteiger partial charge in [-0.15, -0.1) is 0 Å². The molecule has 0 radical (unpaired) electrons. The van der Waals surface area contributed by atoms with E-state index < -0.39 is 32.5 Å². The lowest BCUT2D eigenvalue weighted by Gasteiger charge is -2.19. The molecule has 9 nitrogen and oxygen atoms in total. The Morgan fingerprint density at radius 3 is 1.69 bits per heavy atom. The minimum Gasteiger partial charge on any atom is -0.462 e. The number of unbranched alkanes of at least 4 members (excludes halogenated alkanes) is 11. The summed E-state index contributed by atoms with van der Waals surface area (Å²) in [5.41, 5.74) is 5.32. The number of rotatable bonds is 35. The maximum absolute atomic E-state index is 12.5. The lowest BCUT2D eigenvalue weighted by atomic mass is 10.1. The van der Waals surface area contributed by atoms with Crippen molar-refractivity contribution in [3.05, 3.63) is 72.9 Å². The van der Waals surface area contributed by atoms with Gasteiger partial charge in [0.05, 0.1) is 19.6 Å². The van der Waals surface area contributed by atoms with Gasteiger partial charge in [0.1, 0.15) is 6.61 Å². The van der Waals surface area contributed by atoms with E-state index >= 15 is 0 Å². The minimum absolute atomic E-state index is 0.00660. The maximum Gasteiger partial charge on any atom is 0.472 e. The van der Waals surface area contributed by atoms with Crippen molar-refractivity contribution < 1.29 is 37.6 Å². The van der Waals surface area contributed by atoms with Crippen LogP contribution in [-0.2, 0) is 32.7 Å². The number of phosphoric ester groups is 1. The molecule has 10 heteroatoms. The molecule has 2 atom stereocenters. The van der Waals surface area contributed by atoms with Gasteiger partial charge in [0.2, 0.25) is 0 Å². The van der Waals surface area contributed by atoms with Crippen LogP contribution in [0.25, 0.3) is 0 Å². The van der Waals surface area contributed by atoms with Crippen molar-refractivity contribution in [2.45, 2.75) is 148 Å². The van der Waals surface area contributed by atoms with Crippen molar-refractivity contribution >= 4 is 19.8 Å². The molecule has 3 N–H and O–H groups in total. The Balaban J connectivity index is 4.38. The Labute approximate surface area is 310 Å². The van der Waals surface area contributed by atoms with Crippen LogP contribution < -0.4 is 5.73 Å². The lowest BCUT2D eigenvalue weighted by molar-refractivity contribution is -0.160. The first kappa shape index (κ1) is 48.5. The van der Waals surface area contributed by atoms with Gasteiger partial charge in [-0.25, -0.2) is 4.57 Å². The zero-order valence-electron chi connectivity index (χ0n) is 31.8. The lowest BCUT2D eigenvalue weighted by Crippen LogP contribution is -2.29. The van der Waals surface area contributed by atoms with E-state index in [2.05, 4.69) is 68.5 Å². The van der Waals surface area contributed by atoms with Gasteiger partial charge in [-0.05, 0) is 64.2 Å². The second kappa shape index (κ2) is 37.2. The van der Waals surface area contributed by atoms with E-state index in [9.17, 15) is 19.0 Å². The fourth-order valence-electron chi connectivity index (χ4n) is 4.76. The Morgan fingerprint density at radius 1 is 0.627 bits per heavy atom. The van der Waals surface area contributed by atoms with Gasteiger partial charge in [0, 0.05) is 13.0 Å². The standard InChI is InChI=1S/C41H70NO8P/c1-3-5-7-9-11-13-15-17-19-21-23-25-27-29-31-33-40(43)47-37-39(38-49-51(45,46)48-36-35-42)50-41(44)34-32-30-28-26-24-22-20-18-16-14-12-10-8-6-4-2/h6,8,12,14,17-20,24,26,30,32,39H,3-5,7,9-11,13,15-16,21-23,25,27-29,31,33-38,42H2,1-2H3,(H,45,46)/b8-6-,14-12-,19-17-,20-18-,26-24-,32-30-. The molecular formula is C41H70NO8P. The van der Waals surface area contributed by atoms with Crippen molar-refractivity contribution in [2.75, 3.05) is 26.4 Å². The molecule has 51 heavy (non-hydrogen) atoms. The number of carbonyl (C=O) groups excluding carboxylic acids is 2. The Hall–Kier alpha value is -2.55. The molecule has 0 aromatic carbocycles. The molecule has 0 rings (SSSR count). The molecule has 0 fully saturated rings. The van der Waals surface area contributed by atoms with Crippen LogP contribution in [0.1, 0.15) is 142 Å². The number of phosphoric acid groups is 1. The van der Waals surface area contributed by atoms with E-state index in [4.69, 9.17) is 24.3 Å². The minimum atomic E-state index is -4.40. The van der Waals surface area contributed by atoms with Gasteiger partial charge in [0.25, 0.3) is 0 Å². The number of esters is 2. The number of hydrogen-bond donors (Lipinski definition) is 2. The third-order valence-electron chi connectivity index (χ3n) is 7.61. The Morgan fingerprint density at radius 2 is 1.14 bits per heavy atom. The Bertz CT molecular complexity index is 1070. The molecule has 0 aromatic rings. The molecule has 0 aliphatic heterocycles. The zero-order valence-corrected chi connectivity index (χ0v) is 32.7. The SMILES string of the molecule is CC/C=C\C/C=C\C/C=C\C/C=C\C/C=C\CC(=O)OC(COC(=O)CCCCCCC/C=C\CCCCCCCC)COP(=O)(O)OCCN. The molecule has 0 bridgehead atoms. The number of hydrogen-bond acceptors (Lipinski definition) is 8. The number of allylic oxidation sites excluding steroid dienone is 11. The molecule has 0 aliphatic rings. The molecule has 0 amide bonds. The van der Waals surface area contributed by atoms with Crippen LogP contribution in [0.2, 0.25) is 0 Å². The third-order valence-corrected chi connectivity index (χ3v) is 8.59. The maximum atomic E-state index is 12.5. The van der Waals surface area contributed by atoms with E-state index in [0.717, 1.165) is 57.8 Å². The summed E-state index contributed by atoms with van der Waals surface area (Å²) in [5, 5.41) is 0. The van der Waals surface area contributed by atoms with E-state index in [1.165, 1.54) is 44.9 Å². The van der Waals surface area contributed by atoms with Gasteiger partial charge in [-0.3, -0.25) is 18.6 Å². The Kier molecular flexibility index (Phi) is 35.4. The van der Waals surface area contributed by atoms with Gasteiger partial charge < -0.3 is 20.1 Å². The van der Waals surface area contributed by atoms with Crippen LogP contribution in [0.15, 0.2) is 72.9 Å². The zero-order chi connectivity index (χ0) is 37.5. The molecule has 0 saturated carbocycles. The highest BCUT2D eigenvalue weighted by atomic mass is 31.2. The van der Waals surface area contributed by atoms with Gasteiger partial charge in [-0.1, -0.05) is 138 Å². The summed E-state index contributed by atoms with van der Waals surface area (Å²) in [5.74, 6) is -0.993. The first-order valence-electron chi connectivity index (χ1n) is 19.4. The summed E-state index contributed by atoms with van der Waals surface area (Å²) >= 11 is 0. The monoisotopic (exact) mass is 735 g/mol. The molecule has 0 aliphatic carbocycles. The van der Waals surface area contributed by atoms with Gasteiger partial charge >= 0.3 is 19.8 Å². The smallest absolute Gasteiger partial charge is 0.462 e. The molecule has 292 valence electrons. The van der Waals surface area contributed by atoms with Crippen molar-refractivity contribution in [1.82, 2.24) is 0 Å². The summed E-state index contributed by atoms with van der Waals surface area (Å²) in [7, 11) is -4.40. The predicted molar refractivity (Wildman–Crippen MR) is 210 cm³/mol. The van der Waals surface area contributed by atoms with Crippen LogP contribution in [0.5, 0.6) is 0 Å². The molecule has 0 heterocycles. The van der Waals surface area contributed by atoms with E-state index in [1.807, 2.05) is 12.2 Å². The highest BCUT2D eigenvalue weighted by molar-refractivity contribution is 7.47. The summed E-state index contributed by atoms with van der Waals surface area (Å²) in [6.45, 7) is 3.46. The summed E-state index contributed by atoms with van der Waals surface area (Å²) < 4.78 is 32.5. The third kappa shape index (κ3) is 37.0. The van der Waals surface area contributed by atoms with Gasteiger partial charge in [-0.2, -0.15) is 0 Å². The fraction of sp³-hybridized carbons (Fsp3) is 0.659. The normalized spacial score (nSPS) is 14.2. The van der Waals surface area contributed by atoms with Crippen molar-refractivity contribution in [3.63, 3.8) is 0 Å². The molecular weight excluding hydrogens is 665 g/mol. The summed E-state index contributed by atoms with van der Waals surface area (Å²) in [6, 6.07) is 0. The topological polar surface area (TPSA) is 134 Å². The van der Waals surface area contributed by atoms with E-state index in [0.29, 0.717) is 12.8 Å². The van der Waals surface area contributed by atoms with Crippen LogP contribution >= 0.6 is 7.82 Å². The second-order valence-electron chi connectivity index (χ2n) is 12.4. The summed E-state index contributed by atoms with van der Waals surface area (Å²) in [4.78, 5) is 34.7. The van der Waals surface area contributed by atoms with Crippen LogP contribution in [0.4, 0.5) is 0 Å². The molecule has 0 saturated heterocycles. The number of ether oxygens (including phenoxy) is 2. The van der Waals surface area contributed by atoms with Crippen molar-refractivity contribution in [1.29, 1.82) is 0 Å². The average molecular weight is 736 g/mol. The second-order valence-corrected chi connectivity index (χ2v) is 13.9. The first-order chi connectivity index (χ1) is 24.8. The highest BCUT2D eigenvalue weighted by Gasteiger charge is 2.25. The molecule has 2 unspecified atom stereocenters. The highest BCUT2D eigenvalue weighted by Crippen LogP contribution is 2.43. The first-order valence-corrected chi connectivity index (χ1v) is 20.9. The average Bonchev–Trinajstić information content (AvgIpc) is 3.11. The number of nitrogens with two attached hydrogens (primary N) is 1. The van der Waals surface area contributed by atoms with Gasteiger partial charge in [0.15, 0.2) is 6.10 Å². The van der Waals surface area contributed by atoms with Crippen molar-refractivity contribution in [3.8, 4) is 0 Å². The van der Waals surface area contributed by atoms with Crippen LogP contribution in [0, 0.1) is 0 Å². The molecule has 0 spiro atoms. The quantitative estimate of drug-likeness (QED) is 0.0282. The van der Waals surface area contributed by atoms with Crippen LogP contribution in [0.3, 0.4) is 0 Å². The van der Waals surface area contributed by atoms with Crippen molar-refractivity contribution in [2.24, 2.45) is 5.73 Å². The number of carbonyl (C=O) groups is 2. The predicted octanol–water partition coefficient (Wildman–Crippen LogP) is 10.7.